The first-order valence-electron chi connectivity index (χ1n) is 6.64. The van der Waals surface area contributed by atoms with Gasteiger partial charge < -0.3 is 21.5 Å². The number of nitrogens with one attached hydrogen (secondary N) is 2. The van der Waals surface area contributed by atoms with E-state index in [0.717, 1.165) is 6.42 Å². The molecule has 0 aliphatic heterocycles. The van der Waals surface area contributed by atoms with Crippen LogP contribution in [0.5, 0.6) is 0 Å². The van der Waals surface area contributed by atoms with Crippen LogP contribution in [0, 0.1) is 0 Å². The fourth-order valence-corrected chi connectivity index (χ4v) is 1.71. The van der Waals surface area contributed by atoms with Gasteiger partial charge in [-0.05, 0) is 30.7 Å². The van der Waals surface area contributed by atoms with E-state index in [-0.39, 0.29) is 0 Å². The van der Waals surface area contributed by atoms with Crippen molar-refractivity contribution in [3.8, 4) is 0 Å². The maximum Gasteiger partial charge on any atom is 0.326 e. The normalized spacial score (nSPS) is 11.5. The summed E-state index contributed by atoms with van der Waals surface area (Å²) >= 11 is 0. The minimum atomic E-state index is -1.07. The molecule has 0 saturated heterocycles. The van der Waals surface area contributed by atoms with E-state index >= 15 is 0 Å². The lowest BCUT2D eigenvalue weighted by molar-refractivity contribution is -0.139. The number of hydrogen-bond donors (Lipinski definition) is 4. The highest BCUT2D eigenvalue weighted by atomic mass is 16.4. The summed E-state index contributed by atoms with van der Waals surface area (Å²) in [4.78, 5) is 33.7. The Kier molecular flexibility index (Phi) is 6.19. The quantitative estimate of drug-likeness (QED) is 0.609. The number of benzene rings is 1. The van der Waals surface area contributed by atoms with Gasteiger partial charge in [-0.3, -0.25) is 4.79 Å². The standard InChI is InChI=1S/C14H19N3O4/c1-2-3-4-11(13(19)20)17-14(21)16-10-7-5-9(6-8-10)12(15)18/h5-8,11H,2-4H2,1H3,(H2,15,18)(H,19,20)(H2,16,17,21)/t11-/m0/s1. The third-order valence-corrected chi connectivity index (χ3v) is 2.88. The molecule has 3 amide bonds. The summed E-state index contributed by atoms with van der Waals surface area (Å²) in [6, 6.07) is 4.45. The number of carboxylic acid groups (broad SMARTS) is 1. The third-order valence-electron chi connectivity index (χ3n) is 2.88. The number of rotatable bonds is 7. The Morgan fingerprint density at radius 3 is 2.33 bits per heavy atom. The van der Waals surface area contributed by atoms with E-state index in [9.17, 15) is 14.4 Å². The molecule has 7 heteroatoms. The molecule has 0 aliphatic rings. The van der Waals surface area contributed by atoms with E-state index in [4.69, 9.17) is 10.8 Å². The molecule has 1 aromatic carbocycles. The number of carbonyl (C=O) groups excluding carboxylic acids is 2. The topological polar surface area (TPSA) is 122 Å². The zero-order valence-electron chi connectivity index (χ0n) is 11.8. The van der Waals surface area contributed by atoms with Crippen molar-refractivity contribution in [2.45, 2.75) is 32.2 Å². The minimum absolute atomic E-state index is 0.326. The molecule has 0 aromatic heterocycles. The second kappa shape index (κ2) is 7.88. The Hall–Kier alpha value is -2.57. The number of nitrogens with two attached hydrogens (primary N) is 1. The SMILES string of the molecule is CCCC[C@H](NC(=O)Nc1ccc(C(N)=O)cc1)C(=O)O. The lowest BCUT2D eigenvalue weighted by atomic mass is 10.1. The van der Waals surface area contributed by atoms with E-state index < -0.39 is 23.9 Å². The molecule has 1 aromatic rings. The van der Waals surface area contributed by atoms with Crippen molar-refractivity contribution in [1.82, 2.24) is 5.32 Å². The van der Waals surface area contributed by atoms with Crippen LogP contribution in [0.15, 0.2) is 24.3 Å². The second-order valence-corrected chi connectivity index (χ2v) is 4.57. The van der Waals surface area contributed by atoms with Gasteiger partial charge in [0, 0.05) is 11.3 Å². The van der Waals surface area contributed by atoms with E-state index in [1.165, 1.54) is 24.3 Å². The monoisotopic (exact) mass is 293 g/mol. The van der Waals surface area contributed by atoms with E-state index in [2.05, 4.69) is 10.6 Å². The molecule has 0 bridgehead atoms. The van der Waals surface area contributed by atoms with Gasteiger partial charge in [0.05, 0.1) is 0 Å². The zero-order chi connectivity index (χ0) is 15.8. The number of unbranched alkanes of at least 4 members (excludes halogenated alkanes) is 1. The van der Waals surface area contributed by atoms with Gasteiger partial charge in [0.1, 0.15) is 6.04 Å². The molecule has 0 saturated carbocycles. The molecule has 1 rings (SSSR count). The lowest BCUT2D eigenvalue weighted by Crippen LogP contribution is -2.42. The summed E-state index contributed by atoms with van der Waals surface area (Å²) in [7, 11) is 0. The molecule has 0 heterocycles. The number of primary amides is 1. The molecule has 0 radical (unpaired) electrons. The third kappa shape index (κ3) is 5.52. The Morgan fingerprint density at radius 2 is 1.86 bits per heavy atom. The highest BCUT2D eigenvalue weighted by molar-refractivity contribution is 5.95. The summed E-state index contributed by atoms with van der Waals surface area (Å²) in [5.74, 6) is -1.63. The van der Waals surface area contributed by atoms with Crippen LogP contribution in [0.2, 0.25) is 0 Å². The Labute approximate surface area is 122 Å². The first-order chi connectivity index (χ1) is 9.93. The average Bonchev–Trinajstić information content (AvgIpc) is 2.43. The Balaban J connectivity index is 2.59. The van der Waals surface area contributed by atoms with Crippen LogP contribution in [0.3, 0.4) is 0 Å². The van der Waals surface area contributed by atoms with Gasteiger partial charge in [-0.15, -0.1) is 0 Å². The molecular formula is C14H19N3O4. The summed E-state index contributed by atoms with van der Waals surface area (Å²) in [6.07, 6.45) is 1.94. The van der Waals surface area contributed by atoms with Crippen molar-refractivity contribution < 1.29 is 19.5 Å². The number of carbonyl (C=O) groups is 3. The largest absolute Gasteiger partial charge is 0.480 e. The molecule has 0 aliphatic carbocycles. The average molecular weight is 293 g/mol. The van der Waals surface area contributed by atoms with E-state index in [1.54, 1.807) is 0 Å². The van der Waals surface area contributed by atoms with Crippen molar-refractivity contribution in [3.05, 3.63) is 29.8 Å². The van der Waals surface area contributed by atoms with Crippen LogP contribution in [0.25, 0.3) is 0 Å². The number of aliphatic carboxylic acids is 1. The first-order valence-corrected chi connectivity index (χ1v) is 6.64. The predicted octanol–water partition coefficient (Wildman–Crippen LogP) is 1.55. The number of hydrogen-bond acceptors (Lipinski definition) is 3. The summed E-state index contributed by atoms with van der Waals surface area (Å²) in [6.45, 7) is 1.94. The maximum absolute atomic E-state index is 11.7. The number of urea groups is 1. The van der Waals surface area contributed by atoms with Crippen LogP contribution in [0.1, 0.15) is 36.5 Å². The molecule has 1 atom stereocenters. The molecule has 0 spiro atoms. The van der Waals surface area contributed by atoms with Gasteiger partial charge in [-0.2, -0.15) is 0 Å². The van der Waals surface area contributed by atoms with Gasteiger partial charge in [0.25, 0.3) is 0 Å². The molecular weight excluding hydrogens is 274 g/mol. The fraction of sp³-hybridized carbons (Fsp3) is 0.357. The number of anilines is 1. The van der Waals surface area contributed by atoms with Crippen LogP contribution < -0.4 is 16.4 Å². The van der Waals surface area contributed by atoms with Crippen molar-refractivity contribution in [2.75, 3.05) is 5.32 Å². The highest BCUT2D eigenvalue weighted by Crippen LogP contribution is 2.09. The molecule has 21 heavy (non-hydrogen) atoms. The lowest BCUT2D eigenvalue weighted by Gasteiger charge is -2.14. The van der Waals surface area contributed by atoms with Crippen LogP contribution in [-0.2, 0) is 4.79 Å². The van der Waals surface area contributed by atoms with Crippen molar-refractivity contribution >= 4 is 23.6 Å². The minimum Gasteiger partial charge on any atom is -0.480 e. The predicted molar refractivity (Wildman–Crippen MR) is 78.1 cm³/mol. The highest BCUT2D eigenvalue weighted by Gasteiger charge is 2.19. The number of carboxylic acids is 1. The van der Waals surface area contributed by atoms with Crippen LogP contribution >= 0.6 is 0 Å². The van der Waals surface area contributed by atoms with Crippen molar-refractivity contribution in [2.24, 2.45) is 5.73 Å². The van der Waals surface area contributed by atoms with Gasteiger partial charge >= 0.3 is 12.0 Å². The molecule has 114 valence electrons. The Bertz CT molecular complexity index is 513. The maximum atomic E-state index is 11.7. The summed E-state index contributed by atoms with van der Waals surface area (Å²) < 4.78 is 0. The number of amides is 3. The van der Waals surface area contributed by atoms with E-state index in [1.807, 2.05) is 6.92 Å². The zero-order valence-corrected chi connectivity index (χ0v) is 11.8. The molecule has 0 unspecified atom stereocenters. The van der Waals surface area contributed by atoms with Crippen molar-refractivity contribution in [3.63, 3.8) is 0 Å². The van der Waals surface area contributed by atoms with Gasteiger partial charge in [-0.25, -0.2) is 9.59 Å². The smallest absolute Gasteiger partial charge is 0.326 e. The van der Waals surface area contributed by atoms with Crippen LogP contribution in [0.4, 0.5) is 10.5 Å². The molecule has 0 fully saturated rings. The Morgan fingerprint density at radius 1 is 1.24 bits per heavy atom. The van der Waals surface area contributed by atoms with Gasteiger partial charge in [0.15, 0.2) is 0 Å². The van der Waals surface area contributed by atoms with E-state index in [0.29, 0.717) is 24.1 Å². The van der Waals surface area contributed by atoms with Crippen LogP contribution in [-0.4, -0.2) is 29.1 Å². The second-order valence-electron chi connectivity index (χ2n) is 4.57. The van der Waals surface area contributed by atoms with Crippen molar-refractivity contribution in [1.29, 1.82) is 0 Å². The molecule has 7 nitrogen and oxygen atoms in total. The fourth-order valence-electron chi connectivity index (χ4n) is 1.71. The first kappa shape index (κ1) is 16.5. The van der Waals surface area contributed by atoms with Gasteiger partial charge in [-0.1, -0.05) is 19.8 Å². The summed E-state index contributed by atoms with van der Waals surface area (Å²) in [5.41, 5.74) is 5.87. The molecule has 5 N–H and O–H groups in total. The van der Waals surface area contributed by atoms with Gasteiger partial charge in [0.2, 0.25) is 5.91 Å². The summed E-state index contributed by atoms with van der Waals surface area (Å²) in [5, 5.41) is 13.9.